The molecule has 1 saturated heterocycles. The van der Waals surface area contributed by atoms with Gasteiger partial charge in [0, 0.05) is 6.54 Å². The molecular formula is C9H11Cl2N3O2. The SMILES string of the molecule is OC1CNC(O)(Nc2c(Cl)cccc2Cl)N1. The highest BCUT2D eigenvalue weighted by molar-refractivity contribution is 6.39. The minimum Gasteiger partial charge on any atom is -0.377 e. The van der Waals surface area contributed by atoms with Crippen molar-refractivity contribution in [2.75, 3.05) is 11.9 Å². The summed E-state index contributed by atoms with van der Waals surface area (Å²) >= 11 is 11.9. The number of para-hydroxylation sites is 1. The monoisotopic (exact) mass is 263 g/mol. The second-order valence-corrected chi connectivity index (χ2v) is 4.29. The summed E-state index contributed by atoms with van der Waals surface area (Å²) in [6, 6.07) is 4.99. The number of halogens is 2. The van der Waals surface area contributed by atoms with Gasteiger partial charge in [0.15, 0.2) is 0 Å². The molecule has 1 aliphatic heterocycles. The molecule has 5 N–H and O–H groups in total. The van der Waals surface area contributed by atoms with E-state index in [1.807, 2.05) is 0 Å². The van der Waals surface area contributed by atoms with E-state index in [1.54, 1.807) is 18.2 Å². The first-order chi connectivity index (χ1) is 7.50. The van der Waals surface area contributed by atoms with E-state index in [-0.39, 0.29) is 6.54 Å². The topological polar surface area (TPSA) is 76.5 Å². The lowest BCUT2D eigenvalue weighted by atomic mass is 10.3. The Morgan fingerprint density at radius 1 is 1.38 bits per heavy atom. The molecule has 7 heteroatoms. The lowest BCUT2D eigenvalue weighted by Crippen LogP contribution is -2.56. The Balaban J connectivity index is 2.21. The maximum Gasteiger partial charge on any atom is 0.257 e. The van der Waals surface area contributed by atoms with Crippen LogP contribution in [0.5, 0.6) is 0 Å². The summed E-state index contributed by atoms with van der Waals surface area (Å²) in [7, 11) is 0. The molecule has 2 rings (SSSR count). The summed E-state index contributed by atoms with van der Waals surface area (Å²) in [6.45, 7) is 0.214. The van der Waals surface area contributed by atoms with Crippen LogP contribution in [0, 0.1) is 0 Å². The molecule has 1 heterocycles. The van der Waals surface area contributed by atoms with Crippen molar-refractivity contribution >= 4 is 28.9 Å². The predicted octanol–water partition coefficient (Wildman–Crippen LogP) is 0.520. The Labute approximate surface area is 102 Å². The molecule has 1 aromatic rings. The van der Waals surface area contributed by atoms with Crippen LogP contribution in [0.2, 0.25) is 10.0 Å². The highest BCUT2D eigenvalue weighted by atomic mass is 35.5. The van der Waals surface area contributed by atoms with Gasteiger partial charge in [0.05, 0.1) is 15.7 Å². The molecule has 5 nitrogen and oxygen atoms in total. The molecular weight excluding hydrogens is 253 g/mol. The number of aliphatic hydroxyl groups is 2. The van der Waals surface area contributed by atoms with Crippen LogP contribution in [0.4, 0.5) is 5.69 Å². The van der Waals surface area contributed by atoms with E-state index in [2.05, 4.69) is 16.0 Å². The highest BCUT2D eigenvalue weighted by Crippen LogP contribution is 2.31. The number of benzene rings is 1. The zero-order valence-corrected chi connectivity index (χ0v) is 9.68. The smallest absolute Gasteiger partial charge is 0.257 e. The molecule has 0 aromatic heterocycles. The van der Waals surface area contributed by atoms with Gasteiger partial charge in [-0.3, -0.25) is 5.32 Å². The molecule has 0 amide bonds. The Hall–Kier alpha value is -0.560. The number of aliphatic hydroxyl groups excluding tert-OH is 1. The second-order valence-electron chi connectivity index (χ2n) is 3.47. The van der Waals surface area contributed by atoms with Crippen molar-refractivity contribution in [2.45, 2.75) is 12.2 Å². The lowest BCUT2D eigenvalue weighted by molar-refractivity contribution is 0.00930. The molecule has 0 bridgehead atoms. The van der Waals surface area contributed by atoms with Crippen LogP contribution in [0.3, 0.4) is 0 Å². The first-order valence-corrected chi connectivity index (χ1v) is 5.41. The number of rotatable bonds is 2. The molecule has 0 spiro atoms. The third-order valence-electron chi connectivity index (χ3n) is 2.20. The standard InChI is InChI=1S/C9H11Cl2N3O2/c10-5-2-1-3-6(11)8(5)14-9(16)12-4-7(15)13-9/h1-3,7,12-16H,4H2. The van der Waals surface area contributed by atoms with Gasteiger partial charge in [-0.25, -0.2) is 5.32 Å². The number of hydrogen-bond donors (Lipinski definition) is 5. The van der Waals surface area contributed by atoms with E-state index in [1.165, 1.54) is 0 Å². The van der Waals surface area contributed by atoms with Gasteiger partial charge in [-0.15, -0.1) is 0 Å². The number of hydrogen-bond acceptors (Lipinski definition) is 5. The average molecular weight is 264 g/mol. The van der Waals surface area contributed by atoms with E-state index in [0.717, 1.165) is 0 Å². The van der Waals surface area contributed by atoms with Crippen molar-refractivity contribution < 1.29 is 10.2 Å². The molecule has 2 atom stereocenters. The van der Waals surface area contributed by atoms with Gasteiger partial charge in [-0.1, -0.05) is 29.3 Å². The van der Waals surface area contributed by atoms with E-state index < -0.39 is 12.2 Å². The molecule has 2 unspecified atom stereocenters. The first-order valence-electron chi connectivity index (χ1n) is 4.65. The fraction of sp³-hybridized carbons (Fsp3) is 0.333. The molecule has 0 radical (unpaired) electrons. The van der Waals surface area contributed by atoms with E-state index >= 15 is 0 Å². The average Bonchev–Trinajstić information content (AvgIpc) is 2.53. The summed E-state index contributed by atoms with van der Waals surface area (Å²) in [5.74, 6) is -1.62. The number of nitrogens with one attached hydrogen (secondary N) is 3. The zero-order chi connectivity index (χ0) is 11.8. The van der Waals surface area contributed by atoms with Gasteiger partial charge in [-0.2, -0.15) is 0 Å². The summed E-state index contributed by atoms with van der Waals surface area (Å²) in [5.41, 5.74) is 0.391. The molecule has 0 aliphatic carbocycles. The van der Waals surface area contributed by atoms with Gasteiger partial charge in [0.1, 0.15) is 6.23 Å². The van der Waals surface area contributed by atoms with Crippen molar-refractivity contribution in [2.24, 2.45) is 0 Å². The van der Waals surface area contributed by atoms with Crippen LogP contribution in [-0.2, 0) is 0 Å². The second kappa shape index (κ2) is 4.37. The number of β-amino-alcohol motifs (C(OH)–C–C–N with tert-alkyl or cyclic N) is 1. The summed E-state index contributed by atoms with van der Waals surface area (Å²) in [5, 5.41) is 27.8. The molecule has 1 aromatic carbocycles. The van der Waals surface area contributed by atoms with Crippen LogP contribution in [0.1, 0.15) is 0 Å². The van der Waals surface area contributed by atoms with Crippen LogP contribution in [-0.4, -0.2) is 29.0 Å². The van der Waals surface area contributed by atoms with Gasteiger partial charge < -0.3 is 15.5 Å². The maximum absolute atomic E-state index is 9.95. The van der Waals surface area contributed by atoms with Gasteiger partial charge in [0.25, 0.3) is 5.97 Å². The van der Waals surface area contributed by atoms with Crippen LogP contribution in [0.25, 0.3) is 0 Å². The molecule has 88 valence electrons. The third kappa shape index (κ3) is 2.40. The third-order valence-corrected chi connectivity index (χ3v) is 2.83. The highest BCUT2D eigenvalue weighted by Gasteiger charge is 2.36. The van der Waals surface area contributed by atoms with Crippen molar-refractivity contribution in [3.63, 3.8) is 0 Å². The Kier molecular flexibility index (Phi) is 3.25. The Morgan fingerprint density at radius 2 is 2.00 bits per heavy atom. The van der Waals surface area contributed by atoms with Crippen molar-refractivity contribution in [1.29, 1.82) is 0 Å². The quantitative estimate of drug-likeness (QED) is 0.503. The predicted molar refractivity (Wildman–Crippen MR) is 62.2 cm³/mol. The Bertz CT molecular complexity index is 384. The van der Waals surface area contributed by atoms with Crippen molar-refractivity contribution in [1.82, 2.24) is 10.6 Å². The minimum atomic E-state index is -1.62. The molecule has 16 heavy (non-hydrogen) atoms. The fourth-order valence-electron chi connectivity index (χ4n) is 1.47. The fourth-order valence-corrected chi connectivity index (χ4v) is 1.96. The van der Waals surface area contributed by atoms with Gasteiger partial charge in [0.2, 0.25) is 0 Å². The first kappa shape index (κ1) is 11.9. The van der Waals surface area contributed by atoms with E-state index in [0.29, 0.717) is 15.7 Å². The summed E-state index contributed by atoms with van der Waals surface area (Å²) < 4.78 is 0. The summed E-state index contributed by atoms with van der Waals surface area (Å²) in [6.07, 6.45) is -0.834. The van der Waals surface area contributed by atoms with Crippen LogP contribution < -0.4 is 16.0 Å². The molecule has 1 fully saturated rings. The largest absolute Gasteiger partial charge is 0.377 e. The lowest BCUT2D eigenvalue weighted by Gasteiger charge is -2.26. The Morgan fingerprint density at radius 3 is 2.50 bits per heavy atom. The molecule has 0 saturated carbocycles. The van der Waals surface area contributed by atoms with E-state index in [4.69, 9.17) is 23.2 Å². The normalized spacial score (nSPS) is 29.4. The minimum absolute atomic E-state index is 0.214. The molecule has 1 aliphatic rings. The van der Waals surface area contributed by atoms with Gasteiger partial charge in [-0.05, 0) is 12.1 Å². The van der Waals surface area contributed by atoms with E-state index in [9.17, 15) is 10.2 Å². The maximum atomic E-state index is 9.95. The van der Waals surface area contributed by atoms with Crippen molar-refractivity contribution in [3.05, 3.63) is 28.2 Å². The van der Waals surface area contributed by atoms with Crippen LogP contribution >= 0.6 is 23.2 Å². The summed E-state index contributed by atoms with van der Waals surface area (Å²) in [4.78, 5) is 0. The van der Waals surface area contributed by atoms with Crippen molar-refractivity contribution in [3.8, 4) is 0 Å². The number of anilines is 1. The van der Waals surface area contributed by atoms with Crippen LogP contribution in [0.15, 0.2) is 18.2 Å². The van der Waals surface area contributed by atoms with Gasteiger partial charge >= 0.3 is 0 Å². The zero-order valence-electron chi connectivity index (χ0n) is 8.17.